The summed E-state index contributed by atoms with van der Waals surface area (Å²) in [5, 5.41) is 5.70. The Balaban J connectivity index is 1.61. The van der Waals surface area contributed by atoms with Gasteiger partial charge in [-0.3, -0.25) is 9.59 Å². The second-order valence-corrected chi connectivity index (χ2v) is 9.04. The first-order chi connectivity index (χ1) is 17.0. The van der Waals surface area contributed by atoms with E-state index in [0.29, 0.717) is 30.8 Å². The summed E-state index contributed by atoms with van der Waals surface area (Å²) in [6.07, 6.45) is 1.35. The van der Waals surface area contributed by atoms with Crippen LogP contribution in [0.1, 0.15) is 23.1 Å². The number of carbonyl (C=O) groups excluding carboxylic acids is 2. The van der Waals surface area contributed by atoms with Crippen molar-refractivity contribution in [2.24, 2.45) is 0 Å². The molecule has 1 atom stereocenters. The van der Waals surface area contributed by atoms with Gasteiger partial charge < -0.3 is 10.2 Å². The second kappa shape index (κ2) is 11.7. The first-order valence-corrected chi connectivity index (χ1v) is 12.2. The zero-order valence-corrected chi connectivity index (χ0v) is 20.5. The van der Waals surface area contributed by atoms with E-state index in [1.54, 1.807) is 11.9 Å². The van der Waals surface area contributed by atoms with Crippen molar-refractivity contribution in [2.45, 2.75) is 31.8 Å². The number of halogens is 1. The summed E-state index contributed by atoms with van der Waals surface area (Å²) in [5.41, 5.74) is 3.06. The number of nitrogens with one attached hydrogen (secondary N) is 1. The Hall–Kier alpha value is -3.63. The summed E-state index contributed by atoms with van der Waals surface area (Å²) < 4.78 is 0. The molecule has 5 heteroatoms. The lowest BCUT2D eigenvalue weighted by atomic mass is 9.99. The van der Waals surface area contributed by atoms with E-state index in [-0.39, 0.29) is 11.8 Å². The molecule has 4 aromatic carbocycles. The van der Waals surface area contributed by atoms with E-state index in [0.717, 1.165) is 27.5 Å². The summed E-state index contributed by atoms with van der Waals surface area (Å²) in [6, 6.07) is 31.0. The van der Waals surface area contributed by atoms with Crippen LogP contribution in [-0.2, 0) is 29.0 Å². The molecule has 0 unspecified atom stereocenters. The van der Waals surface area contributed by atoms with E-state index >= 15 is 0 Å². The number of nitrogens with zero attached hydrogens (tertiary/aromatic N) is 1. The number of fused-ring (bicyclic) bond motifs is 1. The highest BCUT2D eigenvalue weighted by Gasteiger charge is 2.29. The van der Waals surface area contributed by atoms with Crippen molar-refractivity contribution in [1.29, 1.82) is 0 Å². The monoisotopic (exact) mass is 484 g/mol. The van der Waals surface area contributed by atoms with Crippen molar-refractivity contribution < 1.29 is 9.59 Å². The number of hydrogen-bond acceptors (Lipinski definition) is 2. The molecular weight excluding hydrogens is 456 g/mol. The van der Waals surface area contributed by atoms with Gasteiger partial charge in [0.25, 0.3) is 0 Å². The van der Waals surface area contributed by atoms with Crippen LogP contribution in [-0.4, -0.2) is 29.8 Å². The molecule has 0 saturated carbocycles. The van der Waals surface area contributed by atoms with Crippen LogP contribution in [0.4, 0.5) is 0 Å². The Morgan fingerprint density at radius 2 is 1.51 bits per heavy atom. The lowest BCUT2D eigenvalue weighted by Crippen LogP contribution is -2.49. The highest BCUT2D eigenvalue weighted by molar-refractivity contribution is 6.30. The minimum Gasteiger partial charge on any atom is -0.357 e. The molecule has 0 bridgehead atoms. The van der Waals surface area contributed by atoms with Gasteiger partial charge in [-0.1, -0.05) is 96.5 Å². The Morgan fingerprint density at radius 1 is 0.829 bits per heavy atom. The molecule has 0 heterocycles. The van der Waals surface area contributed by atoms with E-state index in [1.807, 2.05) is 72.8 Å². The van der Waals surface area contributed by atoms with E-state index in [9.17, 15) is 9.59 Å². The van der Waals surface area contributed by atoms with Crippen LogP contribution in [0.15, 0.2) is 97.1 Å². The maximum absolute atomic E-state index is 13.7. The highest BCUT2D eigenvalue weighted by atomic mass is 35.5. The van der Waals surface area contributed by atoms with Gasteiger partial charge in [0.1, 0.15) is 6.04 Å². The van der Waals surface area contributed by atoms with E-state index in [2.05, 4.69) is 29.6 Å². The molecule has 4 rings (SSSR count). The largest absolute Gasteiger partial charge is 0.357 e. The third kappa shape index (κ3) is 6.28. The fraction of sp³-hybridized carbons (Fsp3) is 0.200. The van der Waals surface area contributed by atoms with Gasteiger partial charge in [-0.2, -0.15) is 0 Å². The van der Waals surface area contributed by atoms with Gasteiger partial charge in [-0.05, 0) is 46.0 Å². The zero-order chi connectivity index (χ0) is 24.6. The first-order valence-electron chi connectivity index (χ1n) is 11.8. The van der Waals surface area contributed by atoms with Crippen molar-refractivity contribution >= 4 is 34.2 Å². The SMILES string of the molecule is CNC(=O)[C@H](Cc1ccccc1)N(Cc1ccc(Cl)cc1)C(=O)CCc1cccc2ccccc12. The van der Waals surface area contributed by atoms with Crippen molar-refractivity contribution in [3.05, 3.63) is 119 Å². The van der Waals surface area contributed by atoms with E-state index < -0.39 is 6.04 Å². The van der Waals surface area contributed by atoms with Crippen LogP contribution in [0.2, 0.25) is 5.02 Å². The van der Waals surface area contributed by atoms with E-state index in [1.165, 1.54) is 0 Å². The minimum absolute atomic E-state index is 0.0579. The van der Waals surface area contributed by atoms with Crippen molar-refractivity contribution in [3.8, 4) is 0 Å². The predicted molar refractivity (Wildman–Crippen MR) is 142 cm³/mol. The third-order valence-electron chi connectivity index (χ3n) is 6.27. The van der Waals surface area contributed by atoms with Crippen molar-refractivity contribution in [3.63, 3.8) is 0 Å². The average Bonchev–Trinajstić information content (AvgIpc) is 2.90. The molecule has 0 aliphatic heterocycles. The maximum Gasteiger partial charge on any atom is 0.242 e. The summed E-state index contributed by atoms with van der Waals surface area (Å²) in [5.74, 6) is -0.237. The molecule has 2 amide bonds. The number of aryl methyl sites for hydroxylation is 1. The van der Waals surface area contributed by atoms with Crippen LogP contribution >= 0.6 is 11.6 Å². The predicted octanol–water partition coefficient (Wildman–Crippen LogP) is 5.81. The molecule has 0 fully saturated rings. The van der Waals surface area contributed by atoms with Gasteiger partial charge in [0.05, 0.1) is 0 Å². The summed E-state index contributed by atoms with van der Waals surface area (Å²) in [7, 11) is 1.61. The highest BCUT2D eigenvalue weighted by Crippen LogP contribution is 2.22. The molecule has 0 radical (unpaired) electrons. The Morgan fingerprint density at radius 3 is 2.26 bits per heavy atom. The van der Waals surface area contributed by atoms with Gasteiger partial charge in [-0.15, -0.1) is 0 Å². The normalized spacial score (nSPS) is 11.7. The summed E-state index contributed by atoms with van der Waals surface area (Å²) in [6.45, 7) is 0.330. The van der Waals surface area contributed by atoms with E-state index in [4.69, 9.17) is 11.6 Å². The lowest BCUT2D eigenvalue weighted by molar-refractivity contribution is -0.141. The molecule has 1 N–H and O–H groups in total. The molecule has 4 aromatic rings. The molecule has 0 saturated heterocycles. The Bertz CT molecular complexity index is 1280. The number of amides is 2. The third-order valence-corrected chi connectivity index (χ3v) is 6.52. The van der Waals surface area contributed by atoms with Gasteiger partial charge in [0.15, 0.2) is 0 Å². The lowest BCUT2D eigenvalue weighted by Gasteiger charge is -2.31. The Kier molecular flexibility index (Phi) is 8.17. The number of carbonyl (C=O) groups is 2. The van der Waals surface area contributed by atoms with Crippen molar-refractivity contribution in [1.82, 2.24) is 10.2 Å². The van der Waals surface area contributed by atoms with Crippen LogP contribution in [0.25, 0.3) is 10.8 Å². The smallest absolute Gasteiger partial charge is 0.242 e. The minimum atomic E-state index is -0.627. The molecule has 0 aliphatic carbocycles. The number of benzene rings is 4. The molecule has 178 valence electrons. The number of likely N-dealkylation sites (N-methyl/N-ethyl adjacent to an activating group) is 1. The molecule has 0 aliphatic rings. The van der Waals surface area contributed by atoms with Gasteiger partial charge in [0, 0.05) is 31.5 Å². The van der Waals surface area contributed by atoms with Gasteiger partial charge >= 0.3 is 0 Å². The first kappa shape index (κ1) is 24.5. The van der Waals surface area contributed by atoms with Crippen LogP contribution in [0, 0.1) is 0 Å². The number of hydrogen-bond donors (Lipinski definition) is 1. The second-order valence-electron chi connectivity index (χ2n) is 8.61. The van der Waals surface area contributed by atoms with Crippen LogP contribution in [0.5, 0.6) is 0 Å². The van der Waals surface area contributed by atoms with Crippen LogP contribution < -0.4 is 5.32 Å². The topological polar surface area (TPSA) is 49.4 Å². The van der Waals surface area contributed by atoms with Gasteiger partial charge in [0.2, 0.25) is 11.8 Å². The van der Waals surface area contributed by atoms with Crippen molar-refractivity contribution in [2.75, 3.05) is 7.05 Å². The molecule has 0 aromatic heterocycles. The molecule has 35 heavy (non-hydrogen) atoms. The summed E-state index contributed by atoms with van der Waals surface area (Å²) in [4.78, 5) is 28.4. The molecule has 0 spiro atoms. The maximum atomic E-state index is 13.7. The van der Waals surface area contributed by atoms with Gasteiger partial charge in [-0.25, -0.2) is 0 Å². The van der Waals surface area contributed by atoms with Crippen LogP contribution in [0.3, 0.4) is 0 Å². The quantitative estimate of drug-likeness (QED) is 0.326. The fourth-order valence-electron chi connectivity index (χ4n) is 4.40. The average molecular weight is 485 g/mol. The number of rotatable bonds is 9. The molecular formula is C30H29ClN2O2. The summed E-state index contributed by atoms with van der Waals surface area (Å²) >= 11 is 6.07. The fourth-order valence-corrected chi connectivity index (χ4v) is 4.53. The molecule has 4 nitrogen and oxygen atoms in total. The Labute approximate surface area is 211 Å². The zero-order valence-electron chi connectivity index (χ0n) is 19.8. The standard InChI is InChI=1S/C30H29ClN2O2/c1-32-30(35)28(20-22-8-3-2-4-9-22)33(21-23-14-17-26(31)18-15-23)29(34)19-16-25-12-7-11-24-10-5-6-13-27(24)25/h2-15,17-18,28H,16,19-21H2,1H3,(H,32,35)/t28-/m0/s1.